The second kappa shape index (κ2) is 5.09. The number of carbonyl (C=O) groups excluding carboxylic acids is 1. The molecule has 1 fully saturated rings. The first kappa shape index (κ1) is 12.3. The van der Waals surface area contributed by atoms with E-state index in [0.29, 0.717) is 18.0 Å². The first-order chi connectivity index (χ1) is 9.24. The van der Waals surface area contributed by atoms with E-state index in [1.807, 2.05) is 24.3 Å². The Hall–Kier alpha value is -1.75. The Bertz CT molecular complexity index is 478. The van der Waals surface area contributed by atoms with E-state index >= 15 is 0 Å². The summed E-state index contributed by atoms with van der Waals surface area (Å²) in [5.41, 5.74) is 5.90. The van der Waals surface area contributed by atoms with Crippen LogP contribution in [0, 0.1) is 0 Å². The van der Waals surface area contributed by atoms with Crippen LogP contribution in [0.2, 0.25) is 0 Å². The van der Waals surface area contributed by atoms with E-state index in [1.54, 1.807) is 4.90 Å². The minimum Gasteiger partial charge on any atom is -0.485 e. The van der Waals surface area contributed by atoms with Crippen LogP contribution in [0.25, 0.3) is 0 Å². The molecule has 1 aromatic carbocycles. The molecule has 1 saturated heterocycles. The van der Waals surface area contributed by atoms with E-state index in [4.69, 9.17) is 15.2 Å². The lowest BCUT2D eigenvalue weighted by Crippen LogP contribution is -2.52. The number of rotatable bonds is 1. The molecule has 5 nitrogen and oxygen atoms in total. The van der Waals surface area contributed by atoms with Gasteiger partial charge in [0.1, 0.15) is 6.61 Å². The first-order valence-corrected chi connectivity index (χ1v) is 6.67. The molecule has 2 heterocycles. The topological polar surface area (TPSA) is 64.8 Å². The van der Waals surface area contributed by atoms with Crippen LogP contribution in [-0.4, -0.2) is 42.6 Å². The Morgan fingerprint density at radius 2 is 2.11 bits per heavy atom. The fraction of sp³-hybridized carbons (Fsp3) is 0.500. The fourth-order valence-electron chi connectivity index (χ4n) is 2.56. The van der Waals surface area contributed by atoms with Crippen LogP contribution in [-0.2, 0) is 4.79 Å². The highest BCUT2D eigenvalue weighted by atomic mass is 16.6. The summed E-state index contributed by atoms with van der Waals surface area (Å²) < 4.78 is 11.3. The lowest BCUT2D eigenvalue weighted by molar-refractivity contribution is -0.142. The molecule has 1 unspecified atom stereocenters. The second-order valence-electron chi connectivity index (χ2n) is 5.05. The van der Waals surface area contributed by atoms with Gasteiger partial charge in [0, 0.05) is 19.1 Å². The summed E-state index contributed by atoms with van der Waals surface area (Å²) in [7, 11) is 0. The zero-order chi connectivity index (χ0) is 13.2. The van der Waals surface area contributed by atoms with E-state index < -0.39 is 6.10 Å². The molecule has 0 bridgehead atoms. The van der Waals surface area contributed by atoms with Crippen molar-refractivity contribution in [2.24, 2.45) is 5.73 Å². The van der Waals surface area contributed by atoms with Crippen molar-refractivity contribution in [3.8, 4) is 11.5 Å². The largest absolute Gasteiger partial charge is 0.485 e. The van der Waals surface area contributed by atoms with Crippen molar-refractivity contribution >= 4 is 5.91 Å². The number of amides is 1. The lowest BCUT2D eigenvalue weighted by atomic mass is 10.1. The van der Waals surface area contributed by atoms with Crippen molar-refractivity contribution < 1.29 is 14.3 Å². The molecule has 3 rings (SSSR count). The van der Waals surface area contributed by atoms with Gasteiger partial charge < -0.3 is 20.1 Å². The molecule has 2 N–H and O–H groups in total. The molecule has 0 radical (unpaired) electrons. The summed E-state index contributed by atoms with van der Waals surface area (Å²) in [5.74, 6) is 1.31. The third-order valence-corrected chi connectivity index (χ3v) is 3.55. The van der Waals surface area contributed by atoms with E-state index in [1.165, 1.54) is 0 Å². The minimum absolute atomic E-state index is 0.0235. The van der Waals surface area contributed by atoms with Crippen molar-refractivity contribution in [1.82, 2.24) is 4.90 Å². The smallest absolute Gasteiger partial charge is 0.267 e. The molecule has 102 valence electrons. The molecular weight excluding hydrogens is 244 g/mol. The van der Waals surface area contributed by atoms with Gasteiger partial charge in [-0.3, -0.25) is 4.79 Å². The van der Waals surface area contributed by atoms with E-state index in [2.05, 4.69) is 0 Å². The zero-order valence-corrected chi connectivity index (χ0v) is 10.7. The number of piperidine rings is 1. The summed E-state index contributed by atoms with van der Waals surface area (Å²) in [6.07, 6.45) is 1.38. The normalized spacial score (nSPS) is 26.1. The fourth-order valence-corrected chi connectivity index (χ4v) is 2.56. The molecule has 2 aliphatic heterocycles. The second-order valence-corrected chi connectivity index (χ2v) is 5.05. The predicted octanol–water partition coefficient (Wildman–Crippen LogP) is 0.776. The average molecular weight is 262 g/mol. The lowest BCUT2D eigenvalue weighted by Gasteiger charge is -2.34. The number of likely N-dealkylation sites (tertiary alicyclic amines) is 1. The van der Waals surface area contributed by atoms with Crippen LogP contribution in [0.15, 0.2) is 24.3 Å². The molecule has 0 spiro atoms. The van der Waals surface area contributed by atoms with Crippen molar-refractivity contribution in [1.29, 1.82) is 0 Å². The Kier molecular flexibility index (Phi) is 3.29. The molecule has 1 amide bonds. The third kappa shape index (κ3) is 2.51. The van der Waals surface area contributed by atoms with Crippen molar-refractivity contribution in [3.63, 3.8) is 0 Å². The van der Waals surface area contributed by atoms with Crippen molar-refractivity contribution in [3.05, 3.63) is 24.3 Å². The molecule has 2 aliphatic rings. The van der Waals surface area contributed by atoms with Crippen LogP contribution in [0.1, 0.15) is 12.8 Å². The first-order valence-electron chi connectivity index (χ1n) is 6.67. The number of nitrogens with two attached hydrogens (primary N) is 1. The van der Waals surface area contributed by atoms with Gasteiger partial charge in [-0.05, 0) is 25.0 Å². The van der Waals surface area contributed by atoms with Crippen LogP contribution < -0.4 is 15.2 Å². The molecule has 19 heavy (non-hydrogen) atoms. The van der Waals surface area contributed by atoms with Gasteiger partial charge in [-0.2, -0.15) is 0 Å². The molecular formula is C14H18N2O3. The molecule has 2 atom stereocenters. The van der Waals surface area contributed by atoms with Gasteiger partial charge in [-0.15, -0.1) is 0 Å². The van der Waals surface area contributed by atoms with Crippen LogP contribution in [0.3, 0.4) is 0 Å². The van der Waals surface area contributed by atoms with E-state index in [-0.39, 0.29) is 18.6 Å². The summed E-state index contributed by atoms with van der Waals surface area (Å²) in [6.45, 7) is 1.63. The van der Waals surface area contributed by atoms with E-state index in [0.717, 1.165) is 19.4 Å². The molecule has 5 heteroatoms. The number of fused-ring (bicyclic) bond motifs is 1. The standard InChI is InChI=1S/C14H18N2O3/c15-10-4-3-7-16(8-10)14(17)13-9-18-11-5-1-2-6-12(11)19-13/h1-2,5-6,10,13H,3-4,7-9,15H2/t10-,13?/m1/s1. The quantitative estimate of drug-likeness (QED) is 0.812. The zero-order valence-electron chi connectivity index (χ0n) is 10.7. The highest BCUT2D eigenvalue weighted by molar-refractivity contribution is 5.82. The Labute approximate surface area is 112 Å². The molecule has 0 aromatic heterocycles. The van der Waals surface area contributed by atoms with Gasteiger partial charge in [0.2, 0.25) is 6.10 Å². The SMILES string of the molecule is N[C@@H]1CCCN(C(=O)C2COc3ccccc3O2)C1. The van der Waals surface area contributed by atoms with Crippen LogP contribution >= 0.6 is 0 Å². The third-order valence-electron chi connectivity index (χ3n) is 3.55. The number of hydrogen-bond acceptors (Lipinski definition) is 4. The van der Waals surface area contributed by atoms with Crippen molar-refractivity contribution in [2.75, 3.05) is 19.7 Å². The maximum atomic E-state index is 12.4. The van der Waals surface area contributed by atoms with Gasteiger partial charge in [-0.1, -0.05) is 12.1 Å². The summed E-state index contributed by atoms with van der Waals surface area (Å²) >= 11 is 0. The number of ether oxygens (including phenoxy) is 2. The number of carbonyl (C=O) groups is 1. The van der Waals surface area contributed by atoms with Gasteiger partial charge >= 0.3 is 0 Å². The summed E-state index contributed by atoms with van der Waals surface area (Å²) in [5, 5.41) is 0. The summed E-state index contributed by atoms with van der Waals surface area (Å²) in [4.78, 5) is 14.2. The highest BCUT2D eigenvalue weighted by Crippen LogP contribution is 2.31. The van der Waals surface area contributed by atoms with Crippen LogP contribution in [0.5, 0.6) is 11.5 Å². The van der Waals surface area contributed by atoms with E-state index in [9.17, 15) is 4.79 Å². The maximum Gasteiger partial charge on any atom is 0.267 e. The Morgan fingerprint density at radius 3 is 2.89 bits per heavy atom. The number of para-hydroxylation sites is 2. The Balaban J connectivity index is 1.69. The maximum absolute atomic E-state index is 12.4. The molecule has 1 aromatic rings. The minimum atomic E-state index is -0.555. The van der Waals surface area contributed by atoms with Gasteiger partial charge in [-0.25, -0.2) is 0 Å². The van der Waals surface area contributed by atoms with Crippen molar-refractivity contribution in [2.45, 2.75) is 25.0 Å². The van der Waals surface area contributed by atoms with Gasteiger partial charge in [0.05, 0.1) is 0 Å². The monoisotopic (exact) mass is 262 g/mol. The summed E-state index contributed by atoms with van der Waals surface area (Å²) in [6, 6.07) is 7.48. The number of nitrogens with zero attached hydrogens (tertiary/aromatic N) is 1. The Morgan fingerprint density at radius 1 is 1.32 bits per heavy atom. The van der Waals surface area contributed by atoms with Crippen LogP contribution in [0.4, 0.5) is 0 Å². The number of benzene rings is 1. The van der Waals surface area contributed by atoms with Gasteiger partial charge in [0.25, 0.3) is 5.91 Å². The molecule has 0 saturated carbocycles. The predicted molar refractivity (Wildman–Crippen MR) is 70.1 cm³/mol. The average Bonchev–Trinajstić information content (AvgIpc) is 2.46. The number of hydrogen-bond donors (Lipinski definition) is 1. The molecule has 0 aliphatic carbocycles. The van der Waals surface area contributed by atoms with Gasteiger partial charge in [0.15, 0.2) is 11.5 Å². The highest BCUT2D eigenvalue weighted by Gasteiger charge is 2.32.